The molecule has 0 saturated carbocycles. The number of amides is 1. The number of pyridine rings is 1. The molecule has 1 unspecified atom stereocenters. The second-order valence-electron chi connectivity index (χ2n) is 8.86. The molecule has 0 spiro atoms. The number of aromatic nitrogens is 3. The number of halogens is 4. The summed E-state index contributed by atoms with van der Waals surface area (Å²) in [4.78, 5) is 30.2. The molecular formula is C27H21ClF3N5O2. The smallest absolute Gasteiger partial charge is 0.264 e. The van der Waals surface area contributed by atoms with Crippen LogP contribution in [0.15, 0.2) is 72.9 Å². The maximum absolute atomic E-state index is 14.3. The van der Waals surface area contributed by atoms with Gasteiger partial charge in [-0.1, -0.05) is 35.9 Å². The first kappa shape index (κ1) is 25.6. The highest BCUT2D eigenvalue weighted by atomic mass is 35.5. The Morgan fingerprint density at radius 1 is 1.11 bits per heavy atom. The molecule has 2 N–H and O–H groups in total. The molecule has 2 aromatic carbocycles. The monoisotopic (exact) mass is 539 g/mol. The number of hydrogen-bond donors (Lipinski definition) is 2. The maximum atomic E-state index is 14.3. The number of nitrogens with one attached hydrogen (secondary N) is 2. The number of alkyl halides is 2. The number of para-hydroxylation sites is 1. The van der Waals surface area contributed by atoms with Gasteiger partial charge in [0, 0.05) is 36.7 Å². The Labute approximate surface area is 220 Å². The van der Waals surface area contributed by atoms with E-state index < -0.39 is 42.3 Å². The van der Waals surface area contributed by atoms with Gasteiger partial charge < -0.3 is 10.6 Å². The number of ketones is 1. The van der Waals surface area contributed by atoms with Gasteiger partial charge >= 0.3 is 0 Å². The summed E-state index contributed by atoms with van der Waals surface area (Å²) < 4.78 is 43.8. The normalized spacial score (nSPS) is 16.4. The van der Waals surface area contributed by atoms with E-state index in [0.717, 1.165) is 0 Å². The Hall–Kier alpha value is -4.02. The second-order valence-corrected chi connectivity index (χ2v) is 9.27. The van der Waals surface area contributed by atoms with E-state index in [4.69, 9.17) is 11.6 Å². The number of rotatable bonds is 7. The van der Waals surface area contributed by atoms with E-state index in [1.807, 2.05) is 0 Å². The highest BCUT2D eigenvalue weighted by molar-refractivity contribution is 6.34. The van der Waals surface area contributed by atoms with E-state index in [0.29, 0.717) is 11.3 Å². The van der Waals surface area contributed by atoms with Crippen LogP contribution in [0.4, 0.5) is 19.0 Å². The summed E-state index contributed by atoms with van der Waals surface area (Å²) >= 11 is 6.29. The lowest BCUT2D eigenvalue weighted by Crippen LogP contribution is -2.28. The van der Waals surface area contributed by atoms with Crippen molar-refractivity contribution in [3.8, 4) is 16.9 Å². The molecule has 11 heteroatoms. The van der Waals surface area contributed by atoms with Gasteiger partial charge in [0.15, 0.2) is 5.78 Å². The van der Waals surface area contributed by atoms with Gasteiger partial charge in [0.25, 0.3) is 11.8 Å². The summed E-state index contributed by atoms with van der Waals surface area (Å²) in [6.45, 7) is -0.458. The minimum atomic E-state index is -3.00. The van der Waals surface area contributed by atoms with Crippen LogP contribution in [0.25, 0.3) is 16.9 Å². The van der Waals surface area contributed by atoms with Gasteiger partial charge in [-0.05, 0) is 36.4 Å². The molecule has 1 aliphatic heterocycles. The van der Waals surface area contributed by atoms with E-state index in [1.165, 1.54) is 41.2 Å². The first-order valence-electron chi connectivity index (χ1n) is 11.7. The number of nitrogens with zero attached hydrogens (tertiary/aromatic N) is 3. The highest BCUT2D eigenvalue weighted by Crippen LogP contribution is 2.32. The second kappa shape index (κ2) is 10.4. The highest BCUT2D eigenvalue weighted by Gasteiger charge is 2.45. The van der Waals surface area contributed by atoms with Crippen LogP contribution in [0.2, 0.25) is 5.02 Å². The minimum absolute atomic E-state index is 0.0213. The number of benzene rings is 2. The molecule has 0 radical (unpaired) electrons. The molecule has 194 valence electrons. The van der Waals surface area contributed by atoms with Crippen LogP contribution in [0.5, 0.6) is 0 Å². The summed E-state index contributed by atoms with van der Waals surface area (Å²) in [5, 5.41) is 9.72. The molecule has 7 nitrogen and oxygen atoms in total. The van der Waals surface area contributed by atoms with Crippen molar-refractivity contribution in [1.29, 1.82) is 0 Å². The van der Waals surface area contributed by atoms with Crippen molar-refractivity contribution >= 4 is 29.1 Å². The van der Waals surface area contributed by atoms with Gasteiger partial charge in [-0.3, -0.25) is 14.6 Å². The van der Waals surface area contributed by atoms with Crippen LogP contribution in [0.1, 0.15) is 27.3 Å². The number of anilines is 1. The molecule has 3 heterocycles. The average Bonchev–Trinajstić information content (AvgIpc) is 3.47. The van der Waals surface area contributed by atoms with Crippen molar-refractivity contribution in [2.24, 2.45) is 5.92 Å². The zero-order valence-electron chi connectivity index (χ0n) is 19.8. The Morgan fingerprint density at radius 3 is 2.61 bits per heavy atom. The number of Topliss-reactive ketones (excluding diaryl/α,β-unsaturated/α-hetero) is 1. The third kappa shape index (κ3) is 5.18. The predicted molar refractivity (Wildman–Crippen MR) is 136 cm³/mol. The maximum Gasteiger partial charge on any atom is 0.264 e. The van der Waals surface area contributed by atoms with Gasteiger partial charge in [-0.25, -0.2) is 17.9 Å². The van der Waals surface area contributed by atoms with Gasteiger partial charge in [-0.2, -0.15) is 5.10 Å². The SMILES string of the molecule is O=C(CC1CNCC1(F)F)c1cc(NC(=O)c2cc(-c3ncccc3F)ccc2Cl)n(-c2ccccc2)n1. The fourth-order valence-electron chi connectivity index (χ4n) is 4.26. The lowest BCUT2D eigenvalue weighted by molar-refractivity contribution is -0.0224. The summed E-state index contributed by atoms with van der Waals surface area (Å²) in [6.07, 6.45) is 1.03. The van der Waals surface area contributed by atoms with Gasteiger partial charge in [0.05, 0.1) is 22.8 Å². The van der Waals surface area contributed by atoms with Crippen LogP contribution in [0, 0.1) is 11.7 Å². The first-order valence-corrected chi connectivity index (χ1v) is 12.1. The van der Waals surface area contributed by atoms with E-state index in [2.05, 4.69) is 20.7 Å². The standard InChI is InChI=1S/C27H21ClF3N5O2/c28-20-9-8-16(25-21(29)7-4-10-33-25)11-19(20)26(38)34-24-13-22(35-36(24)18-5-2-1-3-6-18)23(37)12-17-14-32-15-27(17,30)31/h1-11,13,17,32H,12,14-15H2,(H,34,38). The molecule has 0 aliphatic carbocycles. The van der Waals surface area contributed by atoms with Crippen LogP contribution < -0.4 is 10.6 Å². The van der Waals surface area contributed by atoms with Gasteiger partial charge in [-0.15, -0.1) is 0 Å². The Bertz CT molecular complexity index is 1510. The average molecular weight is 540 g/mol. The van der Waals surface area contributed by atoms with Crippen molar-refractivity contribution in [2.45, 2.75) is 12.3 Å². The predicted octanol–water partition coefficient (Wildman–Crippen LogP) is 5.41. The zero-order valence-corrected chi connectivity index (χ0v) is 20.6. The fourth-order valence-corrected chi connectivity index (χ4v) is 4.46. The number of carbonyl (C=O) groups excluding carboxylic acids is 2. The number of hydrogen-bond acceptors (Lipinski definition) is 5. The Balaban J connectivity index is 1.46. The lowest BCUT2D eigenvalue weighted by atomic mass is 9.97. The topological polar surface area (TPSA) is 88.9 Å². The fraction of sp³-hybridized carbons (Fsp3) is 0.185. The third-order valence-electron chi connectivity index (χ3n) is 6.26. The van der Waals surface area contributed by atoms with Crippen molar-refractivity contribution in [1.82, 2.24) is 20.1 Å². The largest absolute Gasteiger partial charge is 0.311 e. The molecular weight excluding hydrogens is 519 g/mol. The molecule has 1 amide bonds. The van der Waals surface area contributed by atoms with Crippen LogP contribution >= 0.6 is 11.6 Å². The third-order valence-corrected chi connectivity index (χ3v) is 6.59. The lowest BCUT2D eigenvalue weighted by Gasteiger charge is -2.16. The summed E-state index contributed by atoms with van der Waals surface area (Å²) in [5.74, 6) is -5.79. The van der Waals surface area contributed by atoms with Gasteiger partial charge in [0.2, 0.25) is 0 Å². The van der Waals surface area contributed by atoms with E-state index in [9.17, 15) is 22.8 Å². The van der Waals surface area contributed by atoms with Crippen molar-refractivity contribution < 1.29 is 22.8 Å². The molecule has 4 aromatic rings. The quantitative estimate of drug-likeness (QED) is 0.307. The molecule has 1 fully saturated rings. The Morgan fingerprint density at radius 2 is 1.89 bits per heavy atom. The van der Waals surface area contributed by atoms with Gasteiger partial charge in [0.1, 0.15) is 23.0 Å². The molecule has 1 atom stereocenters. The molecule has 38 heavy (non-hydrogen) atoms. The van der Waals surface area contributed by atoms with Crippen molar-refractivity contribution in [3.05, 3.63) is 95.0 Å². The first-order chi connectivity index (χ1) is 18.2. The molecule has 1 aliphatic rings. The van der Waals surface area contributed by atoms with E-state index in [-0.39, 0.29) is 34.3 Å². The van der Waals surface area contributed by atoms with Crippen LogP contribution in [0.3, 0.4) is 0 Å². The summed E-state index contributed by atoms with van der Waals surface area (Å²) in [5.41, 5.74) is 0.904. The number of carbonyl (C=O) groups is 2. The zero-order chi connectivity index (χ0) is 26.9. The van der Waals surface area contributed by atoms with Crippen molar-refractivity contribution in [3.63, 3.8) is 0 Å². The summed E-state index contributed by atoms with van der Waals surface area (Å²) in [7, 11) is 0. The van der Waals surface area contributed by atoms with E-state index in [1.54, 1.807) is 36.4 Å². The minimum Gasteiger partial charge on any atom is -0.311 e. The molecule has 1 saturated heterocycles. The van der Waals surface area contributed by atoms with Crippen LogP contribution in [-0.2, 0) is 0 Å². The Kier molecular flexibility index (Phi) is 7.00. The summed E-state index contributed by atoms with van der Waals surface area (Å²) in [6, 6.07) is 17.2. The molecule has 2 aromatic heterocycles. The molecule has 5 rings (SSSR count). The molecule has 0 bridgehead atoms. The van der Waals surface area contributed by atoms with Crippen molar-refractivity contribution in [2.75, 3.05) is 18.4 Å². The van der Waals surface area contributed by atoms with E-state index >= 15 is 0 Å². The van der Waals surface area contributed by atoms with Crippen LogP contribution in [-0.4, -0.2) is 45.5 Å².